The lowest BCUT2D eigenvalue weighted by molar-refractivity contribution is -0.144. The second kappa shape index (κ2) is 11.0. The summed E-state index contributed by atoms with van der Waals surface area (Å²) in [6.45, 7) is 0. The van der Waals surface area contributed by atoms with E-state index in [0.29, 0.717) is 16.9 Å². The molecule has 0 aromatic carbocycles. The number of carbonyl (C=O) groups excluding carboxylic acids is 2. The van der Waals surface area contributed by atoms with Crippen molar-refractivity contribution < 1.29 is 31.5 Å². The van der Waals surface area contributed by atoms with Gasteiger partial charge in [0, 0.05) is 31.7 Å². The molecule has 2 saturated carbocycles. The maximum Gasteiger partial charge on any atom is 0.389 e. The zero-order valence-electron chi connectivity index (χ0n) is 21.4. The van der Waals surface area contributed by atoms with Crippen LogP contribution in [-0.2, 0) is 4.79 Å². The smallest absolute Gasteiger partial charge is 0.349 e. The van der Waals surface area contributed by atoms with Gasteiger partial charge in [0.1, 0.15) is 5.69 Å². The van der Waals surface area contributed by atoms with Crippen LogP contribution in [0.25, 0.3) is 5.65 Å². The van der Waals surface area contributed by atoms with E-state index in [0.717, 1.165) is 12.8 Å². The zero-order chi connectivity index (χ0) is 28.5. The fourth-order valence-electron chi connectivity index (χ4n) is 5.09. The summed E-state index contributed by atoms with van der Waals surface area (Å²) in [5, 5.41) is 9.98. The molecule has 2 amide bonds. The van der Waals surface area contributed by atoms with Gasteiger partial charge in [-0.15, -0.1) is 0 Å². The number of rotatable bonds is 9. The average Bonchev–Trinajstić information content (AvgIpc) is 3.67. The third-order valence-electron chi connectivity index (χ3n) is 7.40. The first-order valence-corrected chi connectivity index (χ1v) is 13.1. The fraction of sp³-hybridized carbons (Fsp3) is 0.538. The summed E-state index contributed by atoms with van der Waals surface area (Å²) in [6, 6.07) is 0.489. The molecular formula is C26H28F5N7O2. The summed E-state index contributed by atoms with van der Waals surface area (Å²) in [5.74, 6) is -4.20. The molecule has 3 aromatic heterocycles. The van der Waals surface area contributed by atoms with E-state index in [1.165, 1.54) is 29.3 Å². The molecule has 0 spiro atoms. The summed E-state index contributed by atoms with van der Waals surface area (Å²) in [6.07, 6.45) is 2.34. The van der Waals surface area contributed by atoms with Gasteiger partial charge in [-0.05, 0) is 49.1 Å². The number of nitrogens with one attached hydrogen (secondary N) is 2. The van der Waals surface area contributed by atoms with Crippen LogP contribution in [0.3, 0.4) is 0 Å². The molecule has 40 heavy (non-hydrogen) atoms. The Morgan fingerprint density at radius 2 is 1.75 bits per heavy atom. The molecule has 14 heteroatoms. The highest BCUT2D eigenvalue weighted by molar-refractivity contribution is 5.92. The van der Waals surface area contributed by atoms with Gasteiger partial charge in [0.15, 0.2) is 5.65 Å². The monoisotopic (exact) mass is 565 g/mol. The van der Waals surface area contributed by atoms with Crippen molar-refractivity contribution in [3.63, 3.8) is 0 Å². The molecule has 3 aromatic rings. The van der Waals surface area contributed by atoms with E-state index in [2.05, 4.69) is 30.7 Å². The van der Waals surface area contributed by atoms with Crippen LogP contribution in [-0.4, -0.2) is 48.5 Å². The maximum absolute atomic E-state index is 13.9. The second-order valence-electron chi connectivity index (χ2n) is 10.5. The molecule has 0 aliphatic heterocycles. The van der Waals surface area contributed by atoms with Gasteiger partial charge in [-0.25, -0.2) is 23.3 Å². The van der Waals surface area contributed by atoms with Crippen molar-refractivity contribution in [1.29, 1.82) is 0 Å². The third kappa shape index (κ3) is 6.89. The van der Waals surface area contributed by atoms with Crippen molar-refractivity contribution >= 4 is 17.5 Å². The Hall–Kier alpha value is -3.71. The van der Waals surface area contributed by atoms with E-state index in [1.54, 1.807) is 12.3 Å². The van der Waals surface area contributed by atoms with Gasteiger partial charge >= 0.3 is 6.18 Å². The van der Waals surface area contributed by atoms with Crippen molar-refractivity contribution in [3.8, 4) is 0 Å². The fourth-order valence-corrected chi connectivity index (χ4v) is 5.09. The van der Waals surface area contributed by atoms with Crippen LogP contribution in [0.4, 0.5) is 22.0 Å². The van der Waals surface area contributed by atoms with Gasteiger partial charge in [0.2, 0.25) is 11.8 Å². The molecule has 5 rings (SSSR count). The van der Waals surface area contributed by atoms with Gasteiger partial charge in [-0.3, -0.25) is 14.6 Å². The molecule has 2 atom stereocenters. The Labute approximate surface area is 226 Å². The van der Waals surface area contributed by atoms with Crippen LogP contribution in [0.5, 0.6) is 0 Å². The van der Waals surface area contributed by atoms with E-state index in [-0.39, 0.29) is 43.2 Å². The molecular weight excluding hydrogens is 537 g/mol. The van der Waals surface area contributed by atoms with E-state index in [4.69, 9.17) is 0 Å². The number of amides is 2. The van der Waals surface area contributed by atoms with Gasteiger partial charge in [-0.1, -0.05) is 0 Å². The minimum Gasteiger partial charge on any atom is -0.349 e. The first kappa shape index (κ1) is 27.8. The number of hydrogen-bond donors (Lipinski definition) is 2. The van der Waals surface area contributed by atoms with E-state index in [1.807, 2.05) is 0 Å². The summed E-state index contributed by atoms with van der Waals surface area (Å²) < 4.78 is 67.0. The van der Waals surface area contributed by atoms with Crippen molar-refractivity contribution in [2.24, 2.45) is 11.8 Å². The molecule has 2 aliphatic rings. The lowest BCUT2D eigenvalue weighted by Gasteiger charge is -2.33. The van der Waals surface area contributed by atoms with Crippen molar-refractivity contribution in [2.45, 2.75) is 75.5 Å². The molecule has 214 valence electrons. The topological polar surface area (TPSA) is 114 Å². The summed E-state index contributed by atoms with van der Waals surface area (Å²) >= 11 is 0. The van der Waals surface area contributed by atoms with Gasteiger partial charge in [-0.2, -0.15) is 18.3 Å². The highest BCUT2D eigenvalue weighted by Crippen LogP contribution is 2.43. The molecule has 1 unspecified atom stereocenters. The van der Waals surface area contributed by atoms with Crippen LogP contribution in [0.2, 0.25) is 0 Å². The van der Waals surface area contributed by atoms with E-state index >= 15 is 0 Å². The molecule has 2 N–H and O–H groups in total. The number of fused-ring (bicyclic) bond motifs is 1. The quantitative estimate of drug-likeness (QED) is 0.363. The van der Waals surface area contributed by atoms with Gasteiger partial charge in [0.05, 0.1) is 42.8 Å². The normalized spacial score (nSPS) is 19.2. The van der Waals surface area contributed by atoms with Crippen LogP contribution in [0, 0.1) is 11.8 Å². The second-order valence-corrected chi connectivity index (χ2v) is 10.5. The molecule has 3 heterocycles. The van der Waals surface area contributed by atoms with Crippen molar-refractivity contribution in [1.82, 2.24) is 35.2 Å². The summed E-state index contributed by atoms with van der Waals surface area (Å²) in [4.78, 5) is 37.7. The third-order valence-corrected chi connectivity index (χ3v) is 7.40. The van der Waals surface area contributed by atoms with Crippen molar-refractivity contribution in [3.05, 3.63) is 54.0 Å². The highest BCUT2D eigenvalue weighted by atomic mass is 19.4. The van der Waals surface area contributed by atoms with Crippen molar-refractivity contribution in [2.75, 3.05) is 0 Å². The number of hydrogen-bond acceptors (Lipinski definition) is 6. The SMILES string of the molecule is O=C(CCC(F)(F)F)NC(c1cnn2cc([C@@H](NC(=O)c3cnccn3)C3CCC(F)(F)CC3)nc2c1)C1CC1. The van der Waals surface area contributed by atoms with Gasteiger partial charge in [0.25, 0.3) is 5.91 Å². The Bertz CT molecular complexity index is 1350. The molecule has 2 aliphatic carbocycles. The summed E-state index contributed by atoms with van der Waals surface area (Å²) in [7, 11) is 0. The molecule has 0 saturated heterocycles. The van der Waals surface area contributed by atoms with E-state index in [9.17, 15) is 31.5 Å². The predicted molar refractivity (Wildman–Crippen MR) is 131 cm³/mol. The van der Waals surface area contributed by atoms with Crippen LogP contribution in [0.1, 0.15) is 85.2 Å². The number of carbonyl (C=O) groups is 2. The predicted octanol–water partition coefficient (Wildman–Crippen LogP) is 4.73. The van der Waals surface area contributed by atoms with E-state index < -0.39 is 48.8 Å². The number of alkyl halides is 5. The van der Waals surface area contributed by atoms with Crippen LogP contribution in [0.15, 0.2) is 37.1 Å². The molecule has 0 radical (unpaired) electrons. The minimum absolute atomic E-state index is 0.0753. The van der Waals surface area contributed by atoms with Crippen LogP contribution < -0.4 is 10.6 Å². The molecule has 9 nitrogen and oxygen atoms in total. The standard InChI is InChI=1S/C26H28F5N7O2/c27-25(28)6-3-16(4-7-25)23(37-24(40)18-13-32-9-10-33-18)19-14-38-20(35-19)11-17(12-34-38)22(15-1-2-15)36-21(39)5-8-26(29,30)31/h9-16,22-23H,1-8H2,(H,36,39)(H,37,40)/t22?,23-/m0/s1. The minimum atomic E-state index is -4.42. The van der Waals surface area contributed by atoms with Crippen LogP contribution >= 0.6 is 0 Å². The highest BCUT2D eigenvalue weighted by Gasteiger charge is 2.40. The number of aromatic nitrogens is 5. The Morgan fingerprint density at radius 3 is 2.40 bits per heavy atom. The molecule has 0 bridgehead atoms. The first-order chi connectivity index (χ1) is 19.0. The maximum atomic E-state index is 13.9. The lowest BCUT2D eigenvalue weighted by Crippen LogP contribution is -2.37. The average molecular weight is 566 g/mol. The van der Waals surface area contributed by atoms with Gasteiger partial charge < -0.3 is 10.6 Å². The zero-order valence-corrected chi connectivity index (χ0v) is 21.4. The lowest BCUT2D eigenvalue weighted by atomic mass is 9.81. The molecule has 2 fully saturated rings. The number of nitrogens with zero attached hydrogens (tertiary/aromatic N) is 5. The number of halogens is 5. The summed E-state index contributed by atoms with van der Waals surface area (Å²) in [5.41, 5.74) is 1.49. The number of imidazole rings is 1. The first-order valence-electron chi connectivity index (χ1n) is 13.1. The largest absolute Gasteiger partial charge is 0.389 e. The Balaban J connectivity index is 1.39. The Morgan fingerprint density at radius 1 is 1.02 bits per heavy atom. The Kier molecular flexibility index (Phi) is 7.69.